The first kappa shape index (κ1) is 13.5. The van der Waals surface area contributed by atoms with Crippen LogP contribution in [0.2, 0.25) is 0 Å². The van der Waals surface area contributed by atoms with Crippen molar-refractivity contribution in [3.8, 4) is 5.75 Å². The van der Waals surface area contributed by atoms with E-state index in [2.05, 4.69) is 39.2 Å². The number of aryl methyl sites for hydroxylation is 1. The molecule has 0 aromatic carbocycles. The van der Waals surface area contributed by atoms with Gasteiger partial charge < -0.3 is 10.1 Å². The lowest BCUT2D eigenvalue weighted by atomic mass is 10.1. The Kier molecular flexibility index (Phi) is 4.37. The molecule has 5 heteroatoms. The number of rotatable bonds is 4. The molecule has 96 valence electrons. The summed E-state index contributed by atoms with van der Waals surface area (Å²) in [5.41, 5.74) is 2.36. The second-order valence-corrected chi connectivity index (χ2v) is 6.39. The quantitative estimate of drug-likeness (QED) is 0.933. The van der Waals surface area contributed by atoms with Crippen LogP contribution in [-0.4, -0.2) is 19.1 Å². The van der Waals surface area contributed by atoms with E-state index >= 15 is 0 Å². The van der Waals surface area contributed by atoms with Gasteiger partial charge in [-0.1, -0.05) is 0 Å². The average molecular weight is 327 g/mol. The fraction of sp³-hybridized carbons (Fsp3) is 0.308. The van der Waals surface area contributed by atoms with Gasteiger partial charge in [0.1, 0.15) is 5.75 Å². The normalized spacial score (nSPS) is 12.4. The Morgan fingerprint density at radius 1 is 1.39 bits per heavy atom. The zero-order chi connectivity index (χ0) is 13.1. The summed E-state index contributed by atoms with van der Waals surface area (Å²) in [4.78, 5) is 5.47. The number of hydrogen-bond donors (Lipinski definition) is 1. The molecule has 2 heterocycles. The van der Waals surface area contributed by atoms with Gasteiger partial charge in [0.2, 0.25) is 0 Å². The summed E-state index contributed by atoms with van der Waals surface area (Å²) >= 11 is 5.31. The standard InChI is InChI=1S/C13H15BrN2OS/c1-8-4-11(18-13(8)14)12(15-2)9-5-10(17-3)7-16-6-9/h4-7,12,15H,1-3H3. The maximum atomic E-state index is 5.22. The van der Waals surface area contributed by atoms with E-state index < -0.39 is 0 Å². The Hall–Kier alpha value is -0.910. The summed E-state index contributed by atoms with van der Waals surface area (Å²) in [7, 11) is 3.61. The molecule has 0 saturated carbocycles. The molecule has 1 atom stereocenters. The van der Waals surface area contributed by atoms with Gasteiger partial charge in [-0.05, 0) is 53.2 Å². The summed E-state index contributed by atoms with van der Waals surface area (Å²) in [6.07, 6.45) is 3.58. The van der Waals surface area contributed by atoms with Gasteiger partial charge in [-0.3, -0.25) is 4.98 Å². The summed E-state index contributed by atoms with van der Waals surface area (Å²) in [5.74, 6) is 0.778. The van der Waals surface area contributed by atoms with Crippen LogP contribution in [0.1, 0.15) is 22.0 Å². The first-order valence-electron chi connectivity index (χ1n) is 5.57. The molecule has 2 aromatic heterocycles. The number of pyridine rings is 1. The molecule has 0 radical (unpaired) electrons. The van der Waals surface area contributed by atoms with Crippen molar-refractivity contribution in [1.29, 1.82) is 0 Å². The Labute approximate surface area is 119 Å². The first-order chi connectivity index (χ1) is 8.65. The molecule has 1 N–H and O–H groups in total. The predicted octanol–water partition coefficient (Wildman–Crippen LogP) is 3.53. The van der Waals surface area contributed by atoms with Gasteiger partial charge in [0, 0.05) is 11.1 Å². The maximum Gasteiger partial charge on any atom is 0.137 e. The van der Waals surface area contributed by atoms with Crippen LogP contribution in [0.5, 0.6) is 5.75 Å². The third-order valence-electron chi connectivity index (χ3n) is 2.75. The smallest absolute Gasteiger partial charge is 0.137 e. The molecule has 0 aliphatic rings. The third-order valence-corrected chi connectivity index (χ3v) is 4.95. The van der Waals surface area contributed by atoms with Crippen LogP contribution in [0.25, 0.3) is 0 Å². The minimum atomic E-state index is 0.141. The number of nitrogens with one attached hydrogen (secondary N) is 1. The highest BCUT2D eigenvalue weighted by atomic mass is 79.9. The van der Waals surface area contributed by atoms with Crippen molar-refractivity contribution < 1.29 is 4.74 Å². The van der Waals surface area contributed by atoms with E-state index in [4.69, 9.17) is 4.74 Å². The predicted molar refractivity (Wildman–Crippen MR) is 78.4 cm³/mol. The molecular formula is C13H15BrN2OS. The van der Waals surface area contributed by atoms with Crippen LogP contribution >= 0.6 is 27.3 Å². The number of hydrogen-bond acceptors (Lipinski definition) is 4. The van der Waals surface area contributed by atoms with E-state index in [0.717, 1.165) is 11.3 Å². The molecule has 0 aliphatic carbocycles. The molecule has 2 rings (SSSR count). The van der Waals surface area contributed by atoms with Crippen LogP contribution in [-0.2, 0) is 0 Å². The average Bonchev–Trinajstić information content (AvgIpc) is 2.70. The van der Waals surface area contributed by atoms with Gasteiger partial charge in [-0.15, -0.1) is 11.3 Å². The molecular weight excluding hydrogens is 312 g/mol. The Morgan fingerprint density at radius 3 is 2.72 bits per heavy atom. The van der Waals surface area contributed by atoms with Crippen LogP contribution in [0.15, 0.2) is 28.3 Å². The van der Waals surface area contributed by atoms with Crippen molar-refractivity contribution in [1.82, 2.24) is 10.3 Å². The number of ether oxygens (including phenoxy) is 1. The lowest BCUT2D eigenvalue weighted by Crippen LogP contribution is -2.16. The SMILES string of the molecule is CNC(c1cncc(OC)c1)c1cc(C)c(Br)s1. The number of nitrogens with zero attached hydrogens (tertiary/aromatic N) is 1. The van der Waals surface area contributed by atoms with E-state index in [0.29, 0.717) is 0 Å². The van der Waals surface area contributed by atoms with Crippen molar-refractivity contribution in [2.45, 2.75) is 13.0 Å². The minimum Gasteiger partial charge on any atom is -0.495 e. The fourth-order valence-corrected chi connectivity index (χ4v) is 3.51. The lowest BCUT2D eigenvalue weighted by Gasteiger charge is -2.15. The maximum absolute atomic E-state index is 5.22. The largest absolute Gasteiger partial charge is 0.495 e. The molecule has 0 saturated heterocycles. The van der Waals surface area contributed by atoms with E-state index in [1.807, 2.05) is 19.3 Å². The second-order valence-electron chi connectivity index (χ2n) is 3.99. The summed E-state index contributed by atoms with van der Waals surface area (Å²) in [5, 5.41) is 3.32. The zero-order valence-electron chi connectivity index (χ0n) is 10.5. The topological polar surface area (TPSA) is 34.2 Å². The van der Waals surface area contributed by atoms with Crippen molar-refractivity contribution in [2.24, 2.45) is 0 Å². The van der Waals surface area contributed by atoms with Gasteiger partial charge in [0.25, 0.3) is 0 Å². The molecule has 18 heavy (non-hydrogen) atoms. The highest BCUT2D eigenvalue weighted by Crippen LogP contribution is 2.34. The van der Waals surface area contributed by atoms with Crippen LogP contribution in [0.4, 0.5) is 0 Å². The Morgan fingerprint density at radius 2 is 2.17 bits per heavy atom. The van der Waals surface area contributed by atoms with Crippen molar-refractivity contribution >= 4 is 27.3 Å². The number of methoxy groups -OCH3 is 1. The Balaban J connectivity index is 2.38. The van der Waals surface area contributed by atoms with Gasteiger partial charge in [-0.25, -0.2) is 0 Å². The number of aromatic nitrogens is 1. The lowest BCUT2D eigenvalue weighted by molar-refractivity contribution is 0.411. The molecule has 1 unspecified atom stereocenters. The number of thiophene rings is 1. The highest BCUT2D eigenvalue weighted by molar-refractivity contribution is 9.11. The number of halogens is 1. The van der Waals surface area contributed by atoms with Gasteiger partial charge in [0.15, 0.2) is 0 Å². The van der Waals surface area contributed by atoms with Crippen molar-refractivity contribution in [3.63, 3.8) is 0 Å². The van der Waals surface area contributed by atoms with E-state index in [1.165, 1.54) is 14.2 Å². The van der Waals surface area contributed by atoms with Crippen LogP contribution < -0.4 is 10.1 Å². The minimum absolute atomic E-state index is 0.141. The molecule has 0 amide bonds. The molecule has 0 bridgehead atoms. The van der Waals surface area contributed by atoms with Gasteiger partial charge in [-0.2, -0.15) is 0 Å². The van der Waals surface area contributed by atoms with E-state index in [9.17, 15) is 0 Å². The summed E-state index contributed by atoms with van der Waals surface area (Å²) in [6, 6.07) is 4.34. The van der Waals surface area contributed by atoms with Gasteiger partial charge >= 0.3 is 0 Å². The first-order valence-corrected chi connectivity index (χ1v) is 7.18. The second kappa shape index (κ2) is 5.82. The molecule has 3 nitrogen and oxygen atoms in total. The highest BCUT2D eigenvalue weighted by Gasteiger charge is 2.16. The zero-order valence-corrected chi connectivity index (χ0v) is 12.9. The fourth-order valence-electron chi connectivity index (χ4n) is 1.80. The van der Waals surface area contributed by atoms with E-state index in [-0.39, 0.29) is 6.04 Å². The molecule has 0 fully saturated rings. The van der Waals surface area contributed by atoms with Crippen molar-refractivity contribution in [3.05, 3.63) is 44.3 Å². The third kappa shape index (κ3) is 2.74. The van der Waals surface area contributed by atoms with Crippen LogP contribution in [0.3, 0.4) is 0 Å². The van der Waals surface area contributed by atoms with Gasteiger partial charge in [0.05, 0.1) is 23.1 Å². The molecule has 0 spiro atoms. The summed E-state index contributed by atoms with van der Waals surface area (Å²) < 4.78 is 6.39. The van der Waals surface area contributed by atoms with Crippen molar-refractivity contribution in [2.75, 3.05) is 14.2 Å². The molecule has 0 aliphatic heterocycles. The monoisotopic (exact) mass is 326 g/mol. The molecule has 2 aromatic rings. The van der Waals surface area contributed by atoms with Crippen LogP contribution in [0, 0.1) is 6.92 Å². The Bertz CT molecular complexity index is 522. The van der Waals surface area contributed by atoms with E-state index in [1.54, 1.807) is 24.6 Å². The summed E-state index contributed by atoms with van der Waals surface area (Å²) in [6.45, 7) is 2.10.